The van der Waals surface area contributed by atoms with Crippen molar-refractivity contribution in [2.24, 2.45) is 0 Å². The Balaban J connectivity index is 1.75. The first kappa shape index (κ1) is 16.7. The summed E-state index contributed by atoms with van der Waals surface area (Å²) in [6, 6.07) is 10.2. The topological polar surface area (TPSA) is 86.3 Å². The summed E-state index contributed by atoms with van der Waals surface area (Å²) < 4.78 is 7.74. The van der Waals surface area contributed by atoms with Crippen LogP contribution in [0.25, 0.3) is 16.4 Å². The van der Waals surface area contributed by atoms with Gasteiger partial charge in [-0.2, -0.15) is 0 Å². The molecule has 4 rings (SSSR count). The van der Waals surface area contributed by atoms with Crippen LogP contribution < -0.4 is 10.1 Å². The molecule has 3 aromatic rings. The molecule has 134 valence electrons. The number of benzene rings is 1. The average Bonchev–Trinajstić information content (AvgIpc) is 3.16. The van der Waals surface area contributed by atoms with Crippen molar-refractivity contribution in [3.8, 4) is 17.3 Å². The summed E-state index contributed by atoms with van der Waals surface area (Å²) in [4.78, 5) is 20.7. The Morgan fingerprint density at radius 3 is 3.04 bits per heavy atom. The molecule has 0 unspecified atom stereocenters. The van der Waals surface area contributed by atoms with E-state index in [1.165, 1.54) is 6.07 Å². The Bertz CT molecular complexity index is 1040. The largest absolute Gasteiger partial charge is 0.493 e. The van der Waals surface area contributed by atoms with Gasteiger partial charge in [-0.05, 0) is 37.1 Å². The predicted molar refractivity (Wildman–Crippen MR) is 98.6 cm³/mol. The van der Waals surface area contributed by atoms with E-state index in [4.69, 9.17) is 11.3 Å². The van der Waals surface area contributed by atoms with Gasteiger partial charge < -0.3 is 14.6 Å². The van der Waals surface area contributed by atoms with Gasteiger partial charge in [-0.3, -0.25) is 4.79 Å². The van der Waals surface area contributed by atoms with Gasteiger partial charge in [0, 0.05) is 6.54 Å². The van der Waals surface area contributed by atoms with Gasteiger partial charge in [0.25, 0.3) is 5.91 Å². The number of aromatic nitrogens is 4. The summed E-state index contributed by atoms with van der Waals surface area (Å²) in [6.07, 6.45) is 3.35. The Morgan fingerprint density at radius 2 is 2.15 bits per heavy atom. The number of carbonyl (C=O) groups is 1. The summed E-state index contributed by atoms with van der Waals surface area (Å²) in [6.45, 7) is 8.39. The van der Waals surface area contributed by atoms with E-state index in [0.717, 1.165) is 19.4 Å². The van der Waals surface area contributed by atoms with Gasteiger partial charge in [0.2, 0.25) is 0 Å². The summed E-state index contributed by atoms with van der Waals surface area (Å²) in [7, 11) is 0. The zero-order valence-electron chi connectivity index (χ0n) is 14.4. The number of anilines is 1. The quantitative estimate of drug-likeness (QED) is 0.622. The Morgan fingerprint density at radius 1 is 1.22 bits per heavy atom. The highest BCUT2D eigenvalue weighted by molar-refractivity contribution is 6.06. The van der Waals surface area contributed by atoms with Crippen molar-refractivity contribution in [1.82, 2.24) is 19.7 Å². The van der Waals surface area contributed by atoms with Crippen LogP contribution in [-0.4, -0.2) is 32.3 Å². The molecule has 0 aliphatic carbocycles. The van der Waals surface area contributed by atoms with Crippen LogP contribution in [0.4, 0.5) is 11.5 Å². The molecule has 2 bridgehead atoms. The van der Waals surface area contributed by atoms with E-state index >= 15 is 0 Å². The number of amides is 1. The number of pyridine rings is 1. The lowest BCUT2D eigenvalue weighted by molar-refractivity contribution is 0.102. The molecule has 0 spiro atoms. The fraction of sp³-hybridized carbons (Fsp3) is 0.211. The Kier molecular flexibility index (Phi) is 4.49. The molecule has 1 amide bonds. The van der Waals surface area contributed by atoms with Gasteiger partial charge in [-0.1, -0.05) is 12.1 Å². The molecule has 0 saturated carbocycles. The van der Waals surface area contributed by atoms with E-state index in [9.17, 15) is 4.79 Å². The number of aryl methyl sites for hydroxylation is 1. The molecule has 0 atom stereocenters. The Labute approximate surface area is 155 Å². The lowest BCUT2D eigenvalue weighted by atomic mass is 10.1. The minimum absolute atomic E-state index is 0.316. The summed E-state index contributed by atoms with van der Waals surface area (Å²) in [5.41, 5.74) is 1.33. The van der Waals surface area contributed by atoms with Gasteiger partial charge in [0.05, 0.1) is 18.7 Å². The lowest BCUT2D eigenvalue weighted by Gasteiger charge is -2.14. The average molecular weight is 360 g/mol. The maximum Gasteiger partial charge on any atom is 0.259 e. The fourth-order valence-electron chi connectivity index (χ4n) is 2.89. The number of fused-ring (bicyclic) bond motifs is 5. The molecule has 3 heterocycles. The molecule has 27 heavy (non-hydrogen) atoms. The predicted octanol–water partition coefficient (Wildman–Crippen LogP) is 3.32. The van der Waals surface area contributed by atoms with E-state index in [0.29, 0.717) is 40.9 Å². The normalized spacial score (nSPS) is 14.0. The van der Waals surface area contributed by atoms with Crippen LogP contribution in [0, 0.1) is 6.57 Å². The molecule has 0 radical (unpaired) electrons. The van der Waals surface area contributed by atoms with E-state index in [-0.39, 0.29) is 5.91 Å². The third-order valence-corrected chi connectivity index (χ3v) is 4.22. The van der Waals surface area contributed by atoms with Crippen LogP contribution in [0.2, 0.25) is 0 Å². The second-order valence-corrected chi connectivity index (χ2v) is 6.06. The number of carbonyl (C=O) groups excluding carboxylic acids is 1. The van der Waals surface area contributed by atoms with Gasteiger partial charge in [-0.15, -0.1) is 10.2 Å². The van der Waals surface area contributed by atoms with Crippen molar-refractivity contribution in [2.75, 3.05) is 11.9 Å². The smallest absolute Gasteiger partial charge is 0.259 e. The highest BCUT2D eigenvalue weighted by Crippen LogP contribution is 2.26. The molecular weight excluding hydrogens is 344 g/mol. The van der Waals surface area contributed by atoms with Crippen LogP contribution in [0.1, 0.15) is 23.2 Å². The van der Waals surface area contributed by atoms with Crippen LogP contribution in [0.15, 0.2) is 42.7 Å². The van der Waals surface area contributed by atoms with E-state index in [2.05, 4.69) is 25.3 Å². The minimum atomic E-state index is -0.376. The summed E-state index contributed by atoms with van der Waals surface area (Å²) >= 11 is 0. The standard InChI is InChI=1S/C19H16N6O2/c1-20-13-7-8-16-14(11-13)19(26)23-17-6-4-5-15(22-17)18-24-21-12-25(18)9-2-3-10-27-16/h4-8,11-12H,2-3,9-10H2,(H,22,23,26). The Hall–Kier alpha value is -3.73. The van der Waals surface area contributed by atoms with Crippen LogP contribution in [-0.2, 0) is 6.54 Å². The minimum Gasteiger partial charge on any atom is -0.493 e. The third kappa shape index (κ3) is 3.48. The summed E-state index contributed by atoms with van der Waals surface area (Å²) in [5.74, 6) is 1.12. The second-order valence-electron chi connectivity index (χ2n) is 6.06. The van der Waals surface area contributed by atoms with Gasteiger partial charge in [-0.25, -0.2) is 9.83 Å². The second kappa shape index (κ2) is 7.25. The maximum absolute atomic E-state index is 12.8. The number of nitrogens with one attached hydrogen (secondary N) is 1. The molecule has 8 nitrogen and oxygen atoms in total. The molecule has 0 fully saturated rings. The molecule has 1 aliphatic heterocycles. The zero-order valence-corrected chi connectivity index (χ0v) is 14.4. The SMILES string of the molecule is [C-]#[N+]c1ccc2c(c1)C(=O)Nc1cccc(n1)-c1nncn1CCCCO2. The maximum atomic E-state index is 12.8. The van der Waals surface area contributed by atoms with Crippen molar-refractivity contribution in [1.29, 1.82) is 0 Å². The molecule has 2 aromatic heterocycles. The molecule has 1 aliphatic rings. The number of hydrogen-bond acceptors (Lipinski definition) is 5. The van der Waals surface area contributed by atoms with Crippen LogP contribution in [0.5, 0.6) is 5.75 Å². The first-order chi connectivity index (χ1) is 13.2. The molecule has 0 saturated heterocycles. The van der Waals surface area contributed by atoms with Crippen molar-refractivity contribution in [2.45, 2.75) is 19.4 Å². The first-order valence-corrected chi connectivity index (χ1v) is 8.55. The van der Waals surface area contributed by atoms with Crippen LogP contribution in [0.3, 0.4) is 0 Å². The van der Waals surface area contributed by atoms with Crippen molar-refractivity contribution in [3.63, 3.8) is 0 Å². The number of rotatable bonds is 0. The third-order valence-electron chi connectivity index (χ3n) is 4.22. The fourth-order valence-corrected chi connectivity index (χ4v) is 2.89. The van der Waals surface area contributed by atoms with Crippen molar-refractivity contribution < 1.29 is 9.53 Å². The number of ether oxygens (including phenoxy) is 1. The van der Waals surface area contributed by atoms with Gasteiger partial charge in [0.15, 0.2) is 11.5 Å². The number of hydrogen-bond donors (Lipinski definition) is 1. The highest BCUT2D eigenvalue weighted by Gasteiger charge is 2.16. The first-order valence-electron chi connectivity index (χ1n) is 8.55. The monoisotopic (exact) mass is 360 g/mol. The van der Waals surface area contributed by atoms with E-state index < -0.39 is 0 Å². The molecule has 1 aromatic carbocycles. The van der Waals surface area contributed by atoms with Crippen molar-refractivity contribution >= 4 is 17.4 Å². The van der Waals surface area contributed by atoms with E-state index in [1.54, 1.807) is 30.6 Å². The molecule has 1 N–H and O–H groups in total. The molecular formula is C19H16N6O2. The highest BCUT2D eigenvalue weighted by atomic mass is 16.5. The molecule has 8 heteroatoms. The van der Waals surface area contributed by atoms with Gasteiger partial charge in [0.1, 0.15) is 23.6 Å². The number of nitrogens with zero attached hydrogens (tertiary/aromatic N) is 5. The lowest BCUT2D eigenvalue weighted by Crippen LogP contribution is -2.15. The summed E-state index contributed by atoms with van der Waals surface area (Å²) in [5, 5.41) is 10.9. The zero-order chi connectivity index (χ0) is 18.6. The van der Waals surface area contributed by atoms with E-state index in [1.807, 2.05) is 10.6 Å². The van der Waals surface area contributed by atoms with Crippen LogP contribution >= 0.6 is 0 Å². The van der Waals surface area contributed by atoms with Crippen molar-refractivity contribution in [3.05, 3.63) is 59.7 Å². The van der Waals surface area contributed by atoms with Gasteiger partial charge >= 0.3 is 0 Å².